The summed E-state index contributed by atoms with van der Waals surface area (Å²) in [6.45, 7) is 9.19. The predicted octanol–water partition coefficient (Wildman–Crippen LogP) is 5.26. The van der Waals surface area contributed by atoms with Gasteiger partial charge in [0.1, 0.15) is 0 Å². The molecule has 0 aliphatic carbocycles. The van der Waals surface area contributed by atoms with E-state index in [9.17, 15) is 13.2 Å². The van der Waals surface area contributed by atoms with E-state index in [1.54, 1.807) is 42.5 Å². The minimum Gasteiger partial charge on any atom is -0.302 e. The first-order valence-corrected chi connectivity index (χ1v) is 14.6. The molecule has 1 unspecified atom stereocenters. The van der Waals surface area contributed by atoms with Gasteiger partial charge in [-0.15, -0.1) is 11.3 Å². The maximum Gasteiger partial charge on any atom is 0.230 e. The van der Waals surface area contributed by atoms with Crippen molar-refractivity contribution >= 4 is 32.2 Å². The summed E-state index contributed by atoms with van der Waals surface area (Å²) < 4.78 is 24.0. The standard InChI is InChI=1S/C27H33N3O3S2/c1-5-35(32,33)22-13-11-21(12-14-22)16-24(31)28-27-29-25-23(34-27)17-30(26(25)18(2)3)19(4)15-20-9-7-6-8-10-20/h6-14,18-19,26H,5,15-17H2,1-4H3,(H,28,29,31)/t19-,26?/m1/s1. The molecule has 35 heavy (non-hydrogen) atoms. The number of nitrogens with one attached hydrogen (secondary N) is 1. The highest BCUT2D eigenvalue weighted by Crippen LogP contribution is 2.43. The molecule has 0 saturated carbocycles. The van der Waals surface area contributed by atoms with E-state index in [1.165, 1.54) is 10.4 Å². The van der Waals surface area contributed by atoms with E-state index in [1.807, 2.05) is 6.07 Å². The molecule has 0 bridgehead atoms. The second kappa shape index (κ2) is 10.6. The molecule has 0 radical (unpaired) electrons. The second-order valence-electron chi connectivity index (χ2n) is 9.50. The van der Waals surface area contributed by atoms with E-state index in [0.717, 1.165) is 24.2 Å². The first-order chi connectivity index (χ1) is 16.7. The van der Waals surface area contributed by atoms with E-state index in [4.69, 9.17) is 4.98 Å². The van der Waals surface area contributed by atoms with Gasteiger partial charge in [0.2, 0.25) is 5.91 Å². The van der Waals surface area contributed by atoms with Gasteiger partial charge < -0.3 is 5.32 Å². The Morgan fingerprint density at radius 1 is 1.09 bits per heavy atom. The van der Waals surface area contributed by atoms with Gasteiger partial charge >= 0.3 is 0 Å². The smallest absolute Gasteiger partial charge is 0.230 e. The summed E-state index contributed by atoms with van der Waals surface area (Å²) >= 11 is 1.55. The number of carbonyl (C=O) groups is 1. The van der Waals surface area contributed by atoms with Crippen molar-refractivity contribution in [1.82, 2.24) is 9.88 Å². The summed E-state index contributed by atoms with van der Waals surface area (Å²) in [5.41, 5.74) is 3.18. The molecular weight excluding hydrogens is 478 g/mol. The molecular formula is C27H33N3O3S2. The first kappa shape index (κ1) is 25.5. The molecule has 0 saturated heterocycles. The van der Waals surface area contributed by atoms with Crippen LogP contribution in [0.1, 0.15) is 55.4 Å². The number of anilines is 1. The molecule has 3 aromatic rings. The number of thiazole rings is 1. The van der Waals surface area contributed by atoms with Crippen LogP contribution in [0.4, 0.5) is 5.13 Å². The lowest BCUT2D eigenvalue weighted by Gasteiger charge is -2.33. The Kier molecular flexibility index (Phi) is 7.73. The number of benzene rings is 2. The number of hydrogen-bond donors (Lipinski definition) is 1. The zero-order valence-electron chi connectivity index (χ0n) is 20.7. The van der Waals surface area contributed by atoms with Gasteiger partial charge in [-0.3, -0.25) is 9.69 Å². The summed E-state index contributed by atoms with van der Waals surface area (Å²) in [4.78, 5) is 21.5. The summed E-state index contributed by atoms with van der Waals surface area (Å²) in [6.07, 6.45) is 1.16. The van der Waals surface area contributed by atoms with Gasteiger partial charge in [-0.25, -0.2) is 13.4 Å². The Morgan fingerprint density at radius 3 is 2.40 bits per heavy atom. The molecule has 4 rings (SSSR count). The van der Waals surface area contributed by atoms with Crippen LogP contribution in [0, 0.1) is 5.92 Å². The predicted molar refractivity (Wildman–Crippen MR) is 141 cm³/mol. The monoisotopic (exact) mass is 511 g/mol. The average Bonchev–Trinajstić information content (AvgIpc) is 3.37. The summed E-state index contributed by atoms with van der Waals surface area (Å²) in [5, 5.41) is 3.58. The average molecular weight is 512 g/mol. The van der Waals surface area contributed by atoms with Crippen molar-refractivity contribution in [2.75, 3.05) is 11.1 Å². The topological polar surface area (TPSA) is 79.4 Å². The quantitative estimate of drug-likeness (QED) is 0.424. The van der Waals surface area contributed by atoms with Crippen molar-refractivity contribution in [1.29, 1.82) is 0 Å². The molecule has 0 spiro atoms. The lowest BCUT2D eigenvalue weighted by atomic mass is 9.98. The van der Waals surface area contributed by atoms with Crippen molar-refractivity contribution in [3.63, 3.8) is 0 Å². The first-order valence-electron chi connectivity index (χ1n) is 12.1. The molecule has 2 heterocycles. The minimum absolute atomic E-state index is 0.0569. The van der Waals surface area contributed by atoms with Crippen molar-refractivity contribution in [2.45, 2.75) is 64.1 Å². The molecule has 8 heteroatoms. The van der Waals surface area contributed by atoms with E-state index >= 15 is 0 Å². The van der Waals surface area contributed by atoms with Gasteiger partial charge in [-0.1, -0.05) is 63.2 Å². The number of rotatable bonds is 9. The third-order valence-electron chi connectivity index (χ3n) is 6.54. The molecule has 186 valence electrons. The number of hydrogen-bond acceptors (Lipinski definition) is 6. The van der Waals surface area contributed by atoms with Gasteiger partial charge in [-0.2, -0.15) is 0 Å². The van der Waals surface area contributed by atoms with Gasteiger partial charge in [0.25, 0.3) is 0 Å². The number of aromatic nitrogens is 1. The van der Waals surface area contributed by atoms with E-state index in [-0.39, 0.29) is 29.0 Å². The summed E-state index contributed by atoms with van der Waals surface area (Å²) in [5.74, 6) is 0.304. The minimum atomic E-state index is -3.24. The zero-order valence-corrected chi connectivity index (χ0v) is 22.3. The lowest BCUT2D eigenvalue weighted by molar-refractivity contribution is -0.115. The molecule has 6 nitrogen and oxygen atoms in total. The van der Waals surface area contributed by atoms with Crippen LogP contribution >= 0.6 is 11.3 Å². The Balaban J connectivity index is 1.41. The second-order valence-corrected chi connectivity index (χ2v) is 12.9. The van der Waals surface area contributed by atoms with Crippen molar-refractivity contribution in [3.8, 4) is 0 Å². The Morgan fingerprint density at radius 2 is 1.77 bits per heavy atom. The highest BCUT2D eigenvalue weighted by atomic mass is 32.2. The number of carbonyl (C=O) groups excluding carboxylic acids is 1. The van der Waals surface area contributed by atoms with Crippen LogP contribution < -0.4 is 5.32 Å². The highest BCUT2D eigenvalue weighted by Gasteiger charge is 2.38. The van der Waals surface area contributed by atoms with Crippen LogP contribution in [0.15, 0.2) is 59.5 Å². The molecule has 1 aliphatic rings. The van der Waals surface area contributed by atoms with E-state index in [0.29, 0.717) is 17.1 Å². The number of fused-ring (bicyclic) bond motifs is 1. The van der Waals surface area contributed by atoms with E-state index in [2.05, 4.69) is 55.3 Å². The van der Waals surface area contributed by atoms with Gasteiger partial charge in [0.15, 0.2) is 15.0 Å². The Labute approximate surface area is 212 Å². The van der Waals surface area contributed by atoms with E-state index < -0.39 is 9.84 Å². The molecule has 1 aromatic heterocycles. The zero-order chi connectivity index (χ0) is 25.2. The largest absolute Gasteiger partial charge is 0.302 e. The van der Waals surface area contributed by atoms with Crippen LogP contribution in [0.5, 0.6) is 0 Å². The normalized spacial score (nSPS) is 16.9. The van der Waals surface area contributed by atoms with Crippen LogP contribution in [0.25, 0.3) is 0 Å². The fourth-order valence-electron chi connectivity index (χ4n) is 4.71. The fourth-order valence-corrected chi connectivity index (χ4v) is 6.62. The van der Waals surface area contributed by atoms with Crippen LogP contribution in [-0.4, -0.2) is 36.0 Å². The number of amides is 1. The Bertz CT molecular complexity index is 1270. The Hall–Kier alpha value is -2.55. The third kappa shape index (κ3) is 5.82. The lowest BCUT2D eigenvalue weighted by Crippen LogP contribution is -2.35. The maximum absolute atomic E-state index is 12.7. The van der Waals surface area contributed by atoms with Gasteiger partial charge in [0, 0.05) is 17.5 Å². The maximum atomic E-state index is 12.7. The summed E-state index contributed by atoms with van der Waals surface area (Å²) in [6, 6.07) is 17.7. The molecule has 2 aromatic carbocycles. The third-order valence-corrected chi connectivity index (χ3v) is 9.26. The molecule has 2 atom stereocenters. The molecule has 0 fully saturated rings. The molecule has 1 aliphatic heterocycles. The van der Waals surface area contributed by atoms with Crippen molar-refractivity contribution in [2.24, 2.45) is 5.92 Å². The van der Waals surface area contributed by atoms with Gasteiger partial charge in [-0.05, 0) is 42.5 Å². The van der Waals surface area contributed by atoms with Crippen LogP contribution in [0.2, 0.25) is 0 Å². The number of nitrogens with zero attached hydrogens (tertiary/aromatic N) is 2. The van der Waals surface area contributed by atoms with Crippen LogP contribution in [-0.2, 0) is 34.0 Å². The highest BCUT2D eigenvalue weighted by molar-refractivity contribution is 7.91. The fraction of sp³-hybridized carbons (Fsp3) is 0.407. The van der Waals surface area contributed by atoms with Crippen molar-refractivity contribution < 1.29 is 13.2 Å². The molecule has 1 N–H and O–H groups in total. The van der Waals surface area contributed by atoms with Gasteiger partial charge in [0.05, 0.1) is 28.8 Å². The SMILES string of the molecule is CCS(=O)(=O)c1ccc(CC(=O)Nc2nc3c(s2)CN([C@H](C)Cc2ccccc2)C3C(C)C)cc1. The van der Waals surface area contributed by atoms with Crippen molar-refractivity contribution in [3.05, 3.63) is 76.3 Å². The molecule has 1 amide bonds. The number of sulfone groups is 1. The summed E-state index contributed by atoms with van der Waals surface area (Å²) in [7, 11) is -3.24. The van der Waals surface area contributed by atoms with Crippen LogP contribution in [0.3, 0.4) is 0 Å².